The number of nitrogens with zero attached hydrogens (tertiary/aromatic N) is 2. The maximum Gasteiger partial charge on any atom is 0.251 e. The Kier molecular flexibility index (Phi) is 13.0. The van der Waals surface area contributed by atoms with Crippen LogP contribution in [0.1, 0.15) is 100 Å². The van der Waals surface area contributed by atoms with E-state index < -0.39 is 17.2 Å². The lowest BCUT2D eigenvalue weighted by Crippen LogP contribution is -2.73. The van der Waals surface area contributed by atoms with E-state index in [9.17, 15) is 19.5 Å². The van der Waals surface area contributed by atoms with Gasteiger partial charge in [-0.1, -0.05) is 32.6 Å². The summed E-state index contributed by atoms with van der Waals surface area (Å²) in [4.78, 5) is 44.1. The largest absolute Gasteiger partial charge is 0.494 e. The van der Waals surface area contributed by atoms with Crippen LogP contribution in [-0.4, -0.2) is 82.6 Å². The van der Waals surface area contributed by atoms with Crippen molar-refractivity contribution in [1.29, 1.82) is 0 Å². The first-order valence-corrected chi connectivity index (χ1v) is 16.9. The lowest BCUT2D eigenvalue weighted by atomic mass is 9.77. The van der Waals surface area contributed by atoms with Gasteiger partial charge in [0.1, 0.15) is 23.1 Å². The summed E-state index contributed by atoms with van der Waals surface area (Å²) in [5, 5.41) is 17.0. The summed E-state index contributed by atoms with van der Waals surface area (Å²) < 4.78 is 11.2. The highest BCUT2D eigenvalue weighted by Crippen LogP contribution is 2.37. The molecule has 10 nitrogen and oxygen atoms in total. The minimum absolute atomic E-state index is 0. The second kappa shape index (κ2) is 16.7. The molecule has 2 aromatic rings. The van der Waals surface area contributed by atoms with E-state index in [0.717, 1.165) is 70.3 Å². The summed E-state index contributed by atoms with van der Waals surface area (Å²) in [7, 11) is 0. The first-order valence-electron chi connectivity index (χ1n) is 16.9. The fourth-order valence-electron chi connectivity index (χ4n) is 7.10. The maximum atomic E-state index is 13.8. The van der Waals surface area contributed by atoms with Crippen molar-refractivity contribution in [2.24, 2.45) is 0 Å². The van der Waals surface area contributed by atoms with Crippen molar-refractivity contribution in [1.82, 2.24) is 20.4 Å². The van der Waals surface area contributed by atoms with Crippen LogP contribution in [0.4, 0.5) is 0 Å². The van der Waals surface area contributed by atoms with Crippen LogP contribution in [0.3, 0.4) is 0 Å². The van der Waals surface area contributed by atoms with Gasteiger partial charge >= 0.3 is 0 Å². The fourth-order valence-corrected chi connectivity index (χ4v) is 7.10. The number of aliphatic hydroxyl groups is 1. The number of halogens is 1. The molecule has 0 radical (unpaired) electrons. The molecule has 2 saturated heterocycles. The molecule has 5 rings (SSSR count). The van der Waals surface area contributed by atoms with Crippen molar-refractivity contribution in [3.63, 3.8) is 0 Å². The number of furan rings is 1. The molecule has 1 spiro atoms. The highest BCUT2D eigenvalue weighted by atomic mass is 35.5. The van der Waals surface area contributed by atoms with Crippen LogP contribution >= 0.6 is 12.4 Å². The first-order chi connectivity index (χ1) is 21.8. The minimum Gasteiger partial charge on any atom is -0.494 e. The van der Waals surface area contributed by atoms with E-state index in [1.165, 1.54) is 0 Å². The van der Waals surface area contributed by atoms with Crippen molar-refractivity contribution in [2.75, 3.05) is 32.8 Å². The lowest BCUT2D eigenvalue weighted by Gasteiger charge is -2.52. The highest BCUT2D eigenvalue weighted by Gasteiger charge is 2.54. The van der Waals surface area contributed by atoms with Gasteiger partial charge in [0.05, 0.1) is 25.0 Å². The lowest BCUT2D eigenvalue weighted by molar-refractivity contribution is -0.163. The molecule has 1 aliphatic carbocycles. The second-order valence-electron chi connectivity index (χ2n) is 13.1. The third-order valence-corrected chi connectivity index (χ3v) is 9.85. The van der Waals surface area contributed by atoms with Gasteiger partial charge in [0.15, 0.2) is 0 Å². The summed E-state index contributed by atoms with van der Waals surface area (Å²) in [6.07, 6.45) is 11.3. The Morgan fingerprint density at radius 1 is 1.02 bits per heavy atom. The van der Waals surface area contributed by atoms with E-state index in [4.69, 9.17) is 9.15 Å². The number of rotatable bonds is 14. The molecule has 3 fully saturated rings. The number of carbonyl (C=O) groups is 3. The van der Waals surface area contributed by atoms with Crippen LogP contribution in [0, 0.1) is 0 Å². The van der Waals surface area contributed by atoms with Crippen molar-refractivity contribution >= 4 is 30.1 Å². The van der Waals surface area contributed by atoms with Gasteiger partial charge in [0.2, 0.25) is 11.8 Å². The number of unbranched alkanes of at least 4 members (excludes halogenated alkanes) is 2. The van der Waals surface area contributed by atoms with E-state index in [1.54, 1.807) is 24.5 Å². The number of benzene rings is 1. The van der Waals surface area contributed by atoms with Crippen molar-refractivity contribution < 1.29 is 28.6 Å². The standard InChI is InChI=1S/C35H50N4O6.ClH/c1-2-3-20-39-32(41)30(25-34(43)15-5-4-6-16-34)37-33(42)35(39)17-21-38(22-18-35)19-7-8-23-44-28-13-11-27(12-14-28)31(40)36-26-29-10-9-24-45-29;/h9-14,24,30,43H,2-8,15-23,25-26H2,1H3,(H,36,40)(H,37,42);1H/t30-;/m1./s1. The van der Waals surface area contributed by atoms with Gasteiger partial charge in [-0.25, -0.2) is 0 Å². The fraction of sp³-hybridized carbons (Fsp3) is 0.629. The Morgan fingerprint density at radius 3 is 2.43 bits per heavy atom. The van der Waals surface area contributed by atoms with E-state index in [0.29, 0.717) is 63.1 Å². The van der Waals surface area contributed by atoms with Crippen molar-refractivity contribution in [3.8, 4) is 5.75 Å². The van der Waals surface area contributed by atoms with Gasteiger partial charge in [-0.15, -0.1) is 12.4 Å². The Labute approximate surface area is 279 Å². The monoisotopic (exact) mass is 658 g/mol. The second-order valence-corrected chi connectivity index (χ2v) is 13.1. The average Bonchev–Trinajstić information content (AvgIpc) is 3.58. The van der Waals surface area contributed by atoms with E-state index >= 15 is 0 Å². The molecule has 2 aliphatic heterocycles. The summed E-state index contributed by atoms with van der Waals surface area (Å²) in [6.45, 7) is 6.06. The zero-order valence-electron chi connectivity index (χ0n) is 27.1. The summed E-state index contributed by atoms with van der Waals surface area (Å²) in [5.74, 6) is 1.21. The zero-order valence-corrected chi connectivity index (χ0v) is 28.0. The molecule has 11 heteroatoms. The van der Waals surface area contributed by atoms with Gasteiger partial charge in [-0.3, -0.25) is 14.4 Å². The van der Waals surface area contributed by atoms with Gasteiger partial charge in [0.25, 0.3) is 5.91 Å². The van der Waals surface area contributed by atoms with Gasteiger partial charge in [-0.2, -0.15) is 0 Å². The zero-order chi connectivity index (χ0) is 31.7. The summed E-state index contributed by atoms with van der Waals surface area (Å²) in [6, 6.07) is 10.1. The van der Waals surface area contributed by atoms with E-state index in [2.05, 4.69) is 22.5 Å². The molecule has 0 unspecified atom stereocenters. The molecule has 3 N–H and O–H groups in total. The number of ether oxygens (including phenoxy) is 1. The molecular formula is C35H51ClN4O6. The molecule has 3 aliphatic rings. The average molecular weight is 659 g/mol. The molecule has 3 heterocycles. The van der Waals surface area contributed by atoms with Crippen LogP contribution in [0.15, 0.2) is 47.1 Å². The van der Waals surface area contributed by atoms with Gasteiger partial charge in [0, 0.05) is 31.6 Å². The van der Waals surface area contributed by atoms with Crippen LogP contribution in [0.5, 0.6) is 5.75 Å². The number of piperazine rings is 1. The Hall–Kier alpha value is -3.08. The van der Waals surface area contributed by atoms with Crippen LogP contribution < -0.4 is 15.4 Å². The number of piperidine rings is 1. The minimum atomic E-state index is -0.860. The van der Waals surface area contributed by atoms with E-state index in [-0.39, 0.29) is 30.1 Å². The molecular weight excluding hydrogens is 608 g/mol. The topological polar surface area (TPSA) is 124 Å². The van der Waals surface area contributed by atoms with Crippen LogP contribution in [0.25, 0.3) is 0 Å². The van der Waals surface area contributed by atoms with Crippen molar-refractivity contribution in [3.05, 3.63) is 54.0 Å². The van der Waals surface area contributed by atoms with Gasteiger partial charge < -0.3 is 34.7 Å². The molecule has 3 amide bonds. The quantitative estimate of drug-likeness (QED) is 0.248. The number of carbonyl (C=O) groups excluding carboxylic acids is 3. The number of hydrogen-bond donors (Lipinski definition) is 3. The van der Waals surface area contributed by atoms with Gasteiger partial charge in [-0.05, 0) is 87.9 Å². The smallest absolute Gasteiger partial charge is 0.251 e. The van der Waals surface area contributed by atoms with E-state index in [1.807, 2.05) is 23.1 Å². The number of amides is 3. The first kappa shape index (κ1) is 35.8. The molecule has 46 heavy (non-hydrogen) atoms. The molecule has 1 saturated carbocycles. The molecule has 1 atom stereocenters. The van der Waals surface area contributed by atoms with Crippen LogP contribution in [0.2, 0.25) is 0 Å². The Morgan fingerprint density at radius 2 is 1.76 bits per heavy atom. The van der Waals surface area contributed by atoms with Crippen molar-refractivity contribution in [2.45, 2.75) is 108 Å². The highest BCUT2D eigenvalue weighted by molar-refractivity contribution is 6.00. The third kappa shape index (κ3) is 8.83. The summed E-state index contributed by atoms with van der Waals surface area (Å²) >= 11 is 0. The number of hydrogen-bond acceptors (Lipinski definition) is 7. The molecule has 0 bridgehead atoms. The summed E-state index contributed by atoms with van der Waals surface area (Å²) in [5.41, 5.74) is -1.09. The molecule has 1 aromatic carbocycles. The predicted octanol–water partition coefficient (Wildman–Crippen LogP) is 4.84. The number of likely N-dealkylation sites (tertiary alicyclic amines) is 1. The van der Waals surface area contributed by atoms with Crippen LogP contribution in [-0.2, 0) is 16.1 Å². The Balaban J connectivity index is 0.00000480. The molecule has 1 aromatic heterocycles. The normalized spacial score (nSPS) is 21.0. The third-order valence-electron chi connectivity index (χ3n) is 9.85. The predicted molar refractivity (Wildman–Crippen MR) is 178 cm³/mol. The maximum absolute atomic E-state index is 13.8. The number of nitrogens with one attached hydrogen (secondary N) is 2. The Bertz CT molecular complexity index is 1260. The molecule has 254 valence electrons. The SMILES string of the molecule is CCCCN1C(=O)[C@@H](CC2(O)CCCCC2)NC(=O)C12CCN(CCCCOc1ccc(C(=O)NCc3ccco3)cc1)CC2.Cl.